The van der Waals surface area contributed by atoms with Crippen molar-refractivity contribution in [3.05, 3.63) is 34.9 Å². The number of benzene rings is 1. The Morgan fingerprint density at radius 1 is 1.35 bits per heavy atom. The molecule has 108 valence electrons. The lowest BCUT2D eigenvalue weighted by Gasteiger charge is -2.23. The lowest BCUT2D eigenvalue weighted by molar-refractivity contribution is -0.150. The van der Waals surface area contributed by atoms with Gasteiger partial charge in [0, 0.05) is 6.54 Å². The van der Waals surface area contributed by atoms with Gasteiger partial charge in [-0.05, 0) is 37.8 Å². The highest BCUT2D eigenvalue weighted by Crippen LogP contribution is 2.21. The number of hydrogen-bond acceptors (Lipinski definition) is 3. The van der Waals surface area contributed by atoms with E-state index in [4.69, 9.17) is 4.74 Å². The minimum absolute atomic E-state index is 0.00611. The van der Waals surface area contributed by atoms with Gasteiger partial charge in [0.2, 0.25) is 5.91 Å². The Hall–Kier alpha value is -1.84. The van der Waals surface area contributed by atoms with Crippen molar-refractivity contribution in [2.24, 2.45) is 0 Å². The van der Waals surface area contributed by atoms with Crippen molar-refractivity contribution >= 4 is 11.9 Å². The Balaban J connectivity index is 2.11. The second kappa shape index (κ2) is 6.07. The third-order valence-corrected chi connectivity index (χ3v) is 3.89. The van der Waals surface area contributed by atoms with Crippen LogP contribution in [0.3, 0.4) is 0 Å². The first kappa shape index (κ1) is 14.6. The molecule has 1 aromatic rings. The van der Waals surface area contributed by atoms with Crippen molar-refractivity contribution in [3.63, 3.8) is 0 Å². The van der Waals surface area contributed by atoms with Crippen molar-refractivity contribution in [1.29, 1.82) is 0 Å². The van der Waals surface area contributed by atoms with Crippen molar-refractivity contribution in [2.75, 3.05) is 13.7 Å². The van der Waals surface area contributed by atoms with Crippen LogP contribution in [0.2, 0.25) is 0 Å². The standard InChI is InChI=1S/C16H21NO3/c1-11-6-7-12(2)13(9-11)10-15(18)17-8-4-5-14(17)16(19)20-3/h6-7,9,14H,4-5,8,10H2,1-3H3. The molecule has 1 aliphatic rings. The van der Waals surface area contributed by atoms with Gasteiger partial charge in [-0.2, -0.15) is 0 Å². The van der Waals surface area contributed by atoms with Gasteiger partial charge in [0.1, 0.15) is 6.04 Å². The molecule has 0 saturated carbocycles. The van der Waals surface area contributed by atoms with E-state index in [1.165, 1.54) is 7.11 Å². The Morgan fingerprint density at radius 2 is 2.10 bits per heavy atom. The van der Waals surface area contributed by atoms with Crippen LogP contribution in [0.4, 0.5) is 0 Å². The summed E-state index contributed by atoms with van der Waals surface area (Å²) < 4.78 is 4.77. The first-order chi connectivity index (χ1) is 9.52. The molecule has 1 heterocycles. The third-order valence-electron chi connectivity index (χ3n) is 3.89. The van der Waals surface area contributed by atoms with E-state index in [1.54, 1.807) is 4.90 Å². The molecular weight excluding hydrogens is 254 g/mol. The maximum absolute atomic E-state index is 12.4. The summed E-state index contributed by atoms with van der Waals surface area (Å²) in [6.07, 6.45) is 1.91. The molecule has 4 heteroatoms. The second-order valence-electron chi connectivity index (χ2n) is 5.38. The molecule has 0 bridgehead atoms. The molecule has 0 radical (unpaired) electrons. The lowest BCUT2D eigenvalue weighted by atomic mass is 10.0. The quantitative estimate of drug-likeness (QED) is 0.793. The summed E-state index contributed by atoms with van der Waals surface area (Å²) in [5, 5.41) is 0. The van der Waals surface area contributed by atoms with Gasteiger partial charge in [0.05, 0.1) is 13.5 Å². The van der Waals surface area contributed by atoms with Gasteiger partial charge in [0.25, 0.3) is 0 Å². The number of amides is 1. The highest BCUT2D eigenvalue weighted by molar-refractivity contribution is 5.86. The summed E-state index contributed by atoms with van der Waals surface area (Å²) in [5.41, 5.74) is 3.28. The summed E-state index contributed by atoms with van der Waals surface area (Å²) in [6, 6.07) is 5.70. The van der Waals surface area contributed by atoms with Crippen LogP contribution in [-0.4, -0.2) is 36.5 Å². The van der Waals surface area contributed by atoms with Crippen LogP contribution in [-0.2, 0) is 20.7 Å². The van der Waals surface area contributed by atoms with E-state index in [0.717, 1.165) is 23.1 Å². The molecule has 4 nitrogen and oxygen atoms in total. The monoisotopic (exact) mass is 275 g/mol. The summed E-state index contributed by atoms with van der Waals surface area (Å²) >= 11 is 0. The average molecular weight is 275 g/mol. The van der Waals surface area contributed by atoms with Crippen LogP contribution < -0.4 is 0 Å². The fourth-order valence-corrected chi connectivity index (χ4v) is 2.70. The molecule has 2 rings (SSSR count). The summed E-state index contributed by atoms with van der Waals surface area (Å²) in [5.74, 6) is -0.302. The maximum atomic E-state index is 12.4. The van der Waals surface area contributed by atoms with Crippen molar-refractivity contribution in [1.82, 2.24) is 4.90 Å². The number of esters is 1. The van der Waals surface area contributed by atoms with E-state index >= 15 is 0 Å². The molecule has 1 fully saturated rings. The number of methoxy groups -OCH3 is 1. The molecule has 0 spiro atoms. The predicted molar refractivity (Wildman–Crippen MR) is 76.4 cm³/mol. The van der Waals surface area contributed by atoms with Gasteiger partial charge in [0.15, 0.2) is 0 Å². The molecule has 0 N–H and O–H groups in total. The predicted octanol–water partition coefficient (Wildman–Crippen LogP) is 2.01. The molecule has 1 amide bonds. The Bertz CT molecular complexity index is 524. The number of carbonyl (C=O) groups is 2. The smallest absolute Gasteiger partial charge is 0.328 e. The normalized spacial score (nSPS) is 18.1. The van der Waals surface area contributed by atoms with Gasteiger partial charge in [-0.1, -0.05) is 23.8 Å². The van der Waals surface area contributed by atoms with Crippen molar-refractivity contribution < 1.29 is 14.3 Å². The van der Waals surface area contributed by atoms with E-state index in [1.807, 2.05) is 32.0 Å². The summed E-state index contributed by atoms with van der Waals surface area (Å²) in [4.78, 5) is 25.8. The topological polar surface area (TPSA) is 46.6 Å². The summed E-state index contributed by atoms with van der Waals surface area (Å²) in [6.45, 7) is 4.66. The van der Waals surface area contributed by atoms with Gasteiger partial charge in [-0.15, -0.1) is 0 Å². The van der Waals surface area contributed by atoms with Crippen LogP contribution in [0.15, 0.2) is 18.2 Å². The molecule has 1 saturated heterocycles. The van der Waals surface area contributed by atoms with Crippen LogP contribution in [0, 0.1) is 13.8 Å². The lowest BCUT2D eigenvalue weighted by Crippen LogP contribution is -2.41. The van der Waals surface area contributed by atoms with Gasteiger partial charge in [-0.3, -0.25) is 4.79 Å². The molecule has 0 aromatic heterocycles. The van der Waals surface area contributed by atoms with Gasteiger partial charge < -0.3 is 9.64 Å². The number of likely N-dealkylation sites (tertiary alicyclic amines) is 1. The van der Waals surface area contributed by atoms with Crippen molar-refractivity contribution in [3.8, 4) is 0 Å². The average Bonchev–Trinajstić information content (AvgIpc) is 2.91. The Labute approximate surface area is 119 Å². The first-order valence-corrected chi connectivity index (χ1v) is 6.96. The van der Waals surface area contributed by atoms with Crippen LogP contribution >= 0.6 is 0 Å². The van der Waals surface area contributed by atoms with Gasteiger partial charge in [-0.25, -0.2) is 4.79 Å². The minimum atomic E-state index is -0.405. The Morgan fingerprint density at radius 3 is 2.80 bits per heavy atom. The number of aryl methyl sites for hydroxylation is 2. The van der Waals surface area contributed by atoms with E-state index < -0.39 is 6.04 Å². The zero-order chi connectivity index (χ0) is 14.7. The van der Waals surface area contributed by atoms with Crippen LogP contribution in [0.25, 0.3) is 0 Å². The maximum Gasteiger partial charge on any atom is 0.328 e. The van der Waals surface area contributed by atoms with E-state index in [9.17, 15) is 9.59 Å². The molecule has 20 heavy (non-hydrogen) atoms. The highest BCUT2D eigenvalue weighted by Gasteiger charge is 2.34. The third kappa shape index (κ3) is 3.00. The Kier molecular flexibility index (Phi) is 4.42. The van der Waals surface area contributed by atoms with E-state index in [0.29, 0.717) is 19.4 Å². The largest absolute Gasteiger partial charge is 0.467 e. The van der Waals surface area contributed by atoms with E-state index in [2.05, 4.69) is 0 Å². The fraction of sp³-hybridized carbons (Fsp3) is 0.500. The highest BCUT2D eigenvalue weighted by atomic mass is 16.5. The van der Waals surface area contributed by atoms with Crippen molar-refractivity contribution in [2.45, 2.75) is 39.2 Å². The zero-order valence-electron chi connectivity index (χ0n) is 12.3. The molecule has 1 aromatic carbocycles. The van der Waals surface area contributed by atoms with E-state index in [-0.39, 0.29) is 11.9 Å². The number of ether oxygens (including phenoxy) is 1. The number of rotatable bonds is 3. The van der Waals surface area contributed by atoms with Gasteiger partial charge >= 0.3 is 5.97 Å². The molecule has 0 aliphatic carbocycles. The number of carbonyl (C=O) groups excluding carboxylic acids is 2. The molecule has 1 aliphatic heterocycles. The first-order valence-electron chi connectivity index (χ1n) is 6.96. The zero-order valence-corrected chi connectivity index (χ0v) is 12.3. The molecule has 1 atom stereocenters. The minimum Gasteiger partial charge on any atom is -0.467 e. The second-order valence-corrected chi connectivity index (χ2v) is 5.38. The number of nitrogens with zero attached hydrogens (tertiary/aromatic N) is 1. The van der Waals surface area contributed by atoms with Crippen LogP contribution in [0.5, 0.6) is 0 Å². The fourth-order valence-electron chi connectivity index (χ4n) is 2.70. The summed E-state index contributed by atoms with van der Waals surface area (Å²) in [7, 11) is 1.37. The SMILES string of the molecule is COC(=O)C1CCCN1C(=O)Cc1cc(C)ccc1C. The number of hydrogen-bond donors (Lipinski definition) is 0. The van der Waals surface area contributed by atoms with Crippen LogP contribution in [0.1, 0.15) is 29.5 Å². The molecule has 1 unspecified atom stereocenters. The molecular formula is C16H21NO3.